The molecule has 1 aromatic heterocycles. The van der Waals surface area contributed by atoms with E-state index in [4.69, 9.17) is 0 Å². The molecule has 0 aromatic carbocycles. The minimum atomic E-state index is -3.10. The van der Waals surface area contributed by atoms with Crippen molar-refractivity contribution in [3.8, 4) is 0 Å². The molecular formula is C7H13N3O2S2. The molecule has 5 nitrogen and oxygen atoms in total. The van der Waals surface area contributed by atoms with Gasteiger partial charge in [-0.05, 0) is 13.8 Å². The average Bonchev–Trinajstić information content (AvgIpc) is 2.50. The molecule has 1 N–H and O–H groups in total. The smallest absolute Gasteiger partial charge is 0.202 e. The number of anilines is 1. The van der Waals surface area contributed by atoms with E-state index in [9.17, 15) is 8.42 Å². The first-order valence-electron chi connectivity index (χ1n) is 4.21. The lowest BCUT2D eigenvalue weighted by atomic mass is 10.5. The van der Waals surface area contributed by atoms with Crippen LogP contribution in [0.15, 0.2) is 0 Å². The predicted molar refractivity (Wildman–Crippen MR) is 57.3 cm³/mol. The molecule has 0 saturated heterocycles. The van der Waals surface area contributed by atoms with Gasteiger partial charge in [-0.3, -0.25) is 0 Å². The molecule has 1 aromatic rings. The fourth-order valence-electron chi connectivity index (χ4n) is 0.814. The third-order valence-electron chi connectivity index (χ3n) is 1.78. The van der Waals surface area contributed by atoms with E-state index < -0.39 is 15.1 Å². The van der Waals surface area contributed by atoms with Gasteiger partial charge in [-0.15, -0.1) is 0 Å². The van der Waals surface area contributed by atoms with Gasteiger partial charge < -0.3 is 5.32 Å². The molecule has 80 valence electrons. The molecule has 1 heterocycles. The van der Waals surface area contributed by atoms with Crippen molar-refractivity contribution < 1.29 is 8.42 Å². The molecule has 0 bridgehead atoms. The largest absolute Gasteiger partial charge is 0.361 e. The summed E-state index contributed by atoms with van der Waals surface area (Å²) in [5, 5.41) is 3.02. The Morgan fingerprint density at radius 3 is 2.71 bits per heavy atom. The summed E-state index contributed by atoms with van der Waals surface area (Å²) in [4.78, 5) is 4.08. The molecule has 14 heavy (non-hydrogen) atoms. The third kappa shape index (κ3) is 2.65. The molecule has 0 fully saturated rings. The van der Waals surface area contributed by atoms with Crippen molar-refractivity contribution in [2.45, 2.75) is 19.1 Å². The number of hydrogen-bond donors (Lipinski definition) is 1. The van der Waals surface area contributed by atoms with Crippen LogP contribution in [0.25, 0.3) is 0 Å². The van der Waals surface area contributed by atoms with Crippen molar-refractivity contribution in [2.24, 2.45) is 0 Å². The van der Waals surface area contributed by atoms with Crippen LogP contribution in [-0.2, 0) is 9.84 Å². The normalized spacial score (nSPS) is 13.9. The van der Waals surface area contributed by atoms with E-state index in [-0.39, 0.29) is 0 Å². The maximum atomic E-state index is 11.2. The van der Waals surface area contributed by atoms with Crippen LogP contribution >= 0.6 is 11.5 Å². The molecule has 0 aliphatic heterocycles. The van der Waals surface area contributed by atoms with Gasteiger partial charge in [-0.2, -0.15) is 4.37 Å². The standard InChI is InChI=1S/C7H13N3O2S2/c1-4-8-7-9-6(10-13-7)5(2)14(3,11)12/h5H,4H2,1-3H3,(H,8,9,10). The van der Waals surface area contributed by atoms with Gasteiger partial charge in [0, 0.05) is 24.3 Å². The lowest BCUT2D eigenvalue weighted by Gasteiger charge is -2.02. The SMILES string of the molecule is CCNc1nc(C(C)S(C)(=O)=O)ns1. The fraction of sp³-hybridized carbons (Fsp3) is 0.714. The Bertz CT molecular complexity index is 399. The maximum Gasteiger partial charge on any atom is 0.202 e. The number of nitrogens with one attached hydrogen (secondary N) is 1. The van der Waals surface area contributed by atoms with Gasteiger partial charge in [0.05, 0.1) is 0 Å². The lowest BCUT2D eigenvalue weighted by molar-refractivity contribution is 0.590. The highest BCUT2D eigenvalue weighted by Crippen LogP contribution is 2.21. The van der Waals surface area contributed by atoms with Crippen LogP contribution in [-0.4, -0.2) is 30.6 Å². The van der Waals surface area contributed by atoms with E-state index in [1.807, 2.05) is 6.92 Å². The van der Waals surface area contributed by atoms with Crippen LogP contribution in [0.4, 0.5) is 5.13 Å². The first-order valence-corrected chi connectivity index (χ1v) is 6.94. The number of rotatable bonds is 4. The summed E-state index contributed by atoms with van der Waals surface area (Å²) in [6.45, 7) is 4.29. The minimum absolute atomic E-state index is 0.369. The van der Waals surface area contributed by atoms with Gasteiger partial charge in [-0.25, -0.2) is 13.4 Å². The quantitative estimate of drug-likeness (QED) is 0.845. The third-order valence-corrected chi connectivity index (χ3v) is 3.96. The summed E-state index contributed by atoms with van der Waals surface area (Å²) in [7, 11) is -3.10. The molecule has 1 atom stereocenters. The van der Waals surface area contributed by atoms with E-state index in [0.717, 1.165) is 6.54 Å². The van der Waals surface area contributed by atoms with Crippen LogP contribution in [0.5, 0.6) is 0 Å². The van der Waals surface area contributed by atoms with E-state index in [1.165, 1.54) is 17.8 Å². The van der Waals surface area contributed by atoms with Gasteiger partial charge >= 0.3 is 0 Å². The zero-order valence-corrected chi connectivity index (χ0v) is 9.94. The molecule has 0 aliphatic rings. The Hall–Kier alpha value is -0.690. The Labute approximate surface area is 87.7 Å². The van der Waals surface area contributed by atoms with Gasteiger partial charge in [0.25, 0.3) is 0 Å². The molecule has 0 radical (unpaired) electrons. The van der Waals surface area contributed by atoms with E-state index in [2.05, 4.69) is 14.7 Å². The Morgan fingerprint density at radius 2 is 2.21 bits per heavy atom. The lowest BCUT2D eigenvalue weighted by Crippen LogP contribution is -2.09. The molecule has 0 spiro atoms. The summed E-state index contributed by atoms with van der Waals surface area (Å²) < 4.78 is 26.4. The molecule has 0 amide bonds. The predicted octanol–water partition coefficient (Wildman–Crippen LogP) is 1.08. The zero-order valence-electron chi connectivity index (χ0n) is 8.31. The van der Waals surface area contributed by atoms with Gasteiger partial charge in [0.2, 0.25) is 5.13 Å². The molecule has 0 aliphatic carbocycles. The number of aromatic nitrogens is 2. The van der Waals surface area contributed by atoms with E-state index in [0.29, 0.717) is 11.0 Å². The van der Waals surface area contributed by atoms with Crippen LogP contribution < -0.4 is 5.32 Å². The number of hydrogen-bond acceptors (Lipinski definition) is 6. The fourth-order valence-corrected chi connectivity index (χ4v) is 2.09. The first kappa shape index (κ1) is 11.4. The van der Waals surface area contributed by atoms with Crippen molar-refractivity contribution in [3.05, 3.63) is 5.82 Å². The van der Waals surface area contributed by atoms with Crippen molar-refractivity contribution in [3.63, 3.8) is 0 Å². The summed E-state index contributed by atoms with van der Waals surface area (Å²) in [5.74, 6) is 0.369. The number of nitrogens with zero attached hydrogens (tertiary/aromatic N) is 2. The van der Waals surface area contributed by atoms with Crippen molar-refractivity contribution in [2.75, 3.05) is 18.1 Å². The second kappa shape index (κ2) is 4.22. The second-order valence-corrected chi connectivity index (χ2v) is 6.08. The van der Waals surface area contributed by atoms with Gasteiger partial charge in [0.15, 0.2) is 15.7 Å². The zero-order chi connectivity index (χ0) is 10.8. The highest BCUT2D eigenvalue weighted by Gasteiger charge is 2.21. The maximum absolute atomic E-state index is 11.2. The van der Waals surface area contributed by atoms with Gasteiger partial charge in [0.1, 0.15) is 5.25 Å². The van der Waals surface area contributed by atoms with Crippen LogP contribution in [0.3, 0.4) is 0 Å². The van der Waals surface area contributed by atoms with Crippen LogP contribution in [0.2, 0.25) is 0 Å². The van der Waals surface area contributed by atoms with Crippen molar-refractivity contribution in [1.82, 2.24) is 9.36 Å². The average molecular weight is 235 g/mol. The topological polar surface area (TPSA) is 72.0 Å². The van der Waals surface area contributed by atoms with Crippen molar-refractivity contribution >= 4 is 26.5 Å². The molecule has 0 saturated carbocycles. The Kier molecular flexibility index (Phi) is 3.43. The highest BCUT2D eigenvalue weighted by atomic mass is 32.2. The van der Waals surface area contributed by atoms with E-state index in [1.54, 1.807) is 6.92 Å². The Balaban J connectivity index is 2.87. The first-order chi connectivity index (χ1) is 6.45. The molecular weight excluding hydrogens is 222 g/mol. The van der Waals surface area contributed by atoms with Crippen LogP contribution in [0.1, 0.15) is 24.9 Å². The molecule has 1 rings (SSSR count). The summed E-state index contributed by atoms with van der Waals surface area (Å²) in [6, 6.07) is 0. The monoisotopic (exact) mass is 235 g/mol. The second-order valence-electron chi connectivity index (χ2n) is 2.96. The summed E-state index contributed by atoms with van der Waals surface area (Å²) >= 11 is 1.18. The highest BCUT2D eigenvalue weighted by molar-refractivity contribution is 7.90. The number of sulfone groups is 1. The Morgan fingerprint density at radius 1 is 1.57 bits per heavy atom. The summed E-state index contributed by atoms with van der Waals surface area (Å²) in [5.41, 5.74) is 0. The molecule has 7 heteroatoms. The van der Waals surface area contributed by atoms with E-state index >= 15 is 0 Å². The van der Waals surface area contributed by atoms with Crippen molar-refractivity contribution in [1.29, 1.82) is 0 Å². The van der Waals surface area contributed by atoms with Gasteiger partial charge in [-0.1, -0.05) is 0 Å². The summed E-state index contributed by atoms with van der Waals surface area (Å²) in [6.07, 6.45) is 1.19. The minimum Gasteiger partial charge on any atom is -0.361 e. The molecule has 1 unspecified atom stereocenters. The van der Waals surface area contributed by atoms with Crippen LogP contribution in [0, 0.1) is 0 Å².